The predicted octanol–water partition coefficient (Wildman–Crippen LogP) is 1.62. The maximum Gasteiger partial charge on any atom is 0.326 e. The molecule has 0 aliphatic carbocycles. The molecule has 1 heterocycles. The summed E-state index contributed by atoms with van der Waals surface area (Å²) in [5.74, 6) is -0.604. The summed E-state index contributed by atoms with van der Waals surface area (Å²) in [5.41, 5.74) is 0.941. The fourth-order valence-corrected chi connectivity index (χ4v) is 2.25. The summed E-state index contributed by atoms with van der Waals surface area (Å²) in [4.78, 5) is 35.3. The average molecular weight is 304 g/mol. The second-order valence-corrected chi connectivity index (χ2v) is 4.64. The molecule has 1 aromatic rings. The van der Waals surface area contributed by atoms with E-state index in [4.69, 9.17) is 0 Å². The second-order valence-electron chi connectivity index (χ2n) is 4.64. The third kappa shape index (κ3) is 3.05. The van der Waals surface area contributed by atoms with E-state index in [1.807, 2.05) is 18.7 Å². The lowest BCUT2D eigenvalue weighted by Gasteiger charge is -2.21. The highest BCUT2D eigenvalue weighted by Gasteiger charge is 2.24. The molecule has 3 amide bonds. The Morgan fingerprint density at radius 2 is 1.91 bits per heavy atom. The van der Waals surface area contributed by atoms with Crippen LogP contribution in [0.25, 0.3) is 6.08 Å². The van der Waals surface area contributed by atoms with Crippen LogP contribution in [-0.4, -0.2) is 30.0 Å². The molecule has 0 bridgehead atoms. The Bertz CT molecular complexity index is 665. The number of carbonyl (C=O) groups is 2. The van der Waals surface area contributed by atoms with E-state index in [1.165, 1.54) is 12.1 Å². The first-order valence-electron chi connectivity index (χ1n) is 6.83. The molecule has 0 atom stereocenters. The van der Waals surface area contributed by atoms with E-state index in [0.717, 1.165) is 18.8 Å². The lowest BCUT2D eigenvalue weighted by atomic mass is 10.1. The van der Waals surface area contributed by atoms with Gasteiger partial charge in [-0.25, -0.2) is 4.79 Å². The van der Waals surface area contributed by atoms with Crippen LogP contribution >= 0.6 is 0 Å². The number of carbonyl (C=O) groups excluding carboxylic acids is 2. The van der Waals surface area contributed by atoms with Gasteiger partial charge in [-0.15, -0.1) is 0 Å². The monoisotopic (exact) mass is 304 g/mol. The number of imide groups is 1. The molecule has 0 unspecified atom stereocenters. The van der Waals surface area contributed by atoms with Gasteiger partial charge < -0.3 is 10.2 Å². The molecule has 2 rings (SSSR count). The Morgan fingerprint density at radius 1 is 1.23 bits per heavy atom. The van der Waals surface area contributed by atoms with Crippen LogP contribution < -0.4 is 15.5 Å². The molecule has 0 saturated carbocycles. The van der Waals surface area contributed by atoms with E-state index < -0.39 is 16.9 Å². The molecule has 1 aromatic carbocycles. The van der Waals surface area contributed by atoms with Gasteiger partial charge in [0.25, 0.3) is 11.6 Å². The molecule has 8 nitrogen and oxygen atoms in total. The van der Waals surface area contributed by atoms with Crippen LogP contribution in [0.3, 0.4) is 0 Å². The van der Waals surface area contributed by atoms with Gasteiger partial charge in [0.05, 0.1) is 10.5 Å². The zero-order chi connectivity index (χ0) is 16.3. The summed E-state index contributed by atoms with van der Waals surface area (Å²) in [6.45, 7) is 5.46. The van der Waals surface area contributed by atoms with Gasteiger partial charge in [0.15, 0.2) is 0 Å². The first-order chi connectivity index (χ1) is 10.5. The molecule has 0 spiro atoms. The molecule has 22 heavy (non-hydrogen) atoms. The highest BCUT2D eigenvalue weighted by atomic mass is 16.6. The quantitative estimate of drug-likeness (QED) is 0.372. The van der Waals surface area contributed by atoms with Crippen molar-refractivity contribution < 1.29 is 14.5 Å². The summed E-state index contributed by atoms with van der Waals surface area (Å²) in [6, 6.07) is 4.06. The average Bonchev–Trinajstić information content (AvgIpc) is 2.78. The summed E-state index contributed by atoms with van der Waals surface area (Å²) < 4.78 is 0. The van der Waals surface area contributed by atoms with Gasteiger partial charge in [0.2, 0.25) is 0 Å². The van der Waals surface area contributed by atoms with Gasteiger partial charge in [-0.1, -0.05) is 0 Å². The van der Waals surface area contributed by atoms with Crippen LogP contribution in [-0.2, 0) is 4.79 Å². The lowest BCUT2D eigenvalue weighted by molar-refractivity contribution is -0.385. The number of rotatable bonds is 5. The molecule has 0 radical (unpaired) electrons. The molecule has 116 valence electrons. The third-order valence-corrected chi connectivity index (χ3v) is 3.36. The van der Waals surface area contributed by atoms with Crippen LogP contribution in [0.1, 0.15) is 19.4 Å². The topological polar surface area (TPSA) is 105 Å². The van der Waals surface area contributed by atoms with Crippen molar-refractivity contribution in [3.05, 3.63) is 39.6 Å². The first kappa shape index (κ1) is 15.5. The number of nitrogens with zero attached hydrogens (tertiary/aromatic N) is 2. The molecule has 0 aromatic heterocycles. The summed E-state index contributed by atoms with van der Waals surface area (Å²) in [6.07, 6.45) is 1.31. The Morgan fingerprint density at radius 3 is 2.41 bits per heavy atom. The highest BCUT2D eigenvalue weighted by Crippen LogP contribution is 2.27. The van der Waals surface area contributed by atoms with Gasteiger partial charge in [-0.05, 0) is 32.1 Å². The molecule has 8 heteroatoms. The van der Waals surface area contributed by atoms with E-state index in [1.54, 1.807) is 12.1 Å². The SMILES string of the molecule is CCN(CC)c1ccc([N+](=O)[O-])c(/C=C2/NC(=O)NC2=O)c1. The number of nitrogens with one attached hydrogen (secondary N) is 2. The molecule has 1 fully saturated rings. The molecule has 1 aliphatic rings. The number of nitro groups is 1. The summed E-state index contributed by atoms with van der Waals surface area (Å²) in [7, 11) is 0. The van der Waals surface area contributed by atoms with Gasteiger partial charge in [0, 0.05) is 24.8 Å². The number of urea groups is 1. The number of benzene rings is 1. The fourth-order valence-electron chi connectivity index (χ4n) is 2.25. The number of anilines is 1. The minimum atomic E-state index is -0.640. The Hall–Kier alpha value is -2.90. The molecule has 1 saturated heterocycles. The van der Waals surface area contributed by atoms with Crippen molar-refractivity contribution in [3.8, 4) is 0 Å². The van der Waals surface area contributed by atoms with Gasteiger partial charge in [-0.2, -0.15) is 0 Å². The van der Waals surface area contributed by atoms with Crippen LogP contribution in [0.5, 0.6) is 0 Å². The fraction of sp³-hybridized carbons (Fsp3) is 0.286. The Balaban J connectivity index is 2.49. The maximum absolute atomic E-state index is 11.6. The van der Waals surface area contributed by atoms with E-state index in [-0.39, 0.29) is 16.9 Å². The van der Waals surface area contributed by atoms with E-state index >= 15 is 0 Å². The van der Waals surface area contributed by atoms with Crippen LogP contribution in [0.4, 0.5) is 16.2 Å². The van der Waals surface area contributed by atoms with Crippen molar-refractivity contribution in [2.24, 2.45) is 0 Å². The van der Waals surface area contributed by atoms with E-state index in [9.17, 15) is 19.7 Å². The van der Waals surface area contributed by atoms with Gasteiger partial charge in [0.1, 0.15) is 5.70 Å². The van der Waals surface area contributed by atoms with Crippen molar-refractivity contribution in [2.75, 3.05) is 18.0 Å². The summed E-state index contributed by atoms with van der Waals surface area (Å²) >= 11 is 0. The Kier molecular flexibility index (Phi) is 4.40. The standard InChI is InChI=1S/C14H16N4O4/c1-3-17(4-2)10-5-6-12(18(21)22)9(7-10)8-11-13(19)16-14(20)15-11/h5-8H,3-4H2,1-2H3,(H2,15,16,19,20)/b11-8+. The minimum Gasteiger partial charge on any atom is -0.372 e. The molecular weight excluding hydrogens is 288 g/mol. The zero-order valence-electron chi connectivity index (χ0n) is 12.3. The number of hydrogen-bond donors (Lipinski definition) is 2. The minimum absolute atomic E-state index is 0.00945. The predicted molar refractivity (Wildman–Crippen MR) is 81.3 cm³/mol. The van der Waals surface area contributed by atoms with E-state index in [2.05, 4.69) is 10.6 Å². The highest BCUT2D eigenvalue weighted by molar-refractivity contribution is 6.14. The Labute approximate surface area is 126 Å². The molecule has 1 aliphatic heterocycles. The first-order valence-corrected chi connectivity index (χ1v) is 6.83. The molecular formula is C14H16N4O4. The number of nitro benzene ring substituents is 1. The van der Waals surface area contributed by atoms with Gasteiger partial charge >= 0.3 is 6.03 Å². The van der Waals surface area contributed by atoms with Crippen molar-refractivity contribution in [1.29, 1.82) is 0 Å². The smallest absolute Gasteiger partial charge is 0.326 e. The zero-order valence-corrected chi connectivity index (χ0v) is 12.3. The normalized spacial score (nSPS) is 15.6. The maximum atomic E-state index is 11.6. The van der Waals surface area contributed by atoms with Crippen LogP contribution in [0, 0.1) is 10.1 Å². The second kappa shape index (κ2) is 6.25. The third-order valence-electron chi connectivity index (χ3n) is 3.36. The van der Waals surface area contributed by atoms with Crippen LogP contribution in [0.2, 0.25) is 0 Å². The van der Waals surface area contributed by atoms with E-state index in [0.29, 0.717) is 0 Å². The summed E-state index contributed by atoms with van der Waals surface area (Å²) in [5, 5.41) is 15.5. The number of amides is 3. The van der Waals surface area contributed by atoms with Crippen molar-refractivity contribution in [3.63, 3.8) is 0 Å². The number of hydrogen-bond acceptors (Lipinski definition) is 5. The molecule has 2 N–H and O–H groups in total. The van der Waals surface area contributed by atoms with Crippen LogP contribution in [0.15, 0.2) is 23.9 Å². The lowest BCUT2D eigenvalue weighted by Crippen LogP contribution is -2.22. The largest absolute Gasteiger partial charge is 0.372 e. The van der Waals surface area contributed by atoms with Crippen molar-refractivity contribution in [1.82, 2.24) is 10.6 Å². The van der Waals surface area contributed by atoms with Crippen molar-refractivity contribution in [2.45, 2.75) is 13.8 Å². The van der Waals surface area contributed by atoms with Crippen molar-refractivity contribution >= 4 is 29.4 Å². The van der Waals surface area contributed by atoms with Gasteiger partial charge in [-0.3, -0.25) is 20.2 Å².